The molecule has 2 aliphatic heterocycles. The first-order chi connectivity index (χ1) is 19.0. The summed E-state index contributed by atoms with van der Waals surface area (Å²) < 4.78 is 0. The second kappa shape index (κ2) is 11.7. The molecule has 39 heavy (non-hydrogen) atoms. The number of pyridine rings is 1. The first-order valence-corrected chi connectivity index (χ1v) is 13.8. The highest BCUT2D eigenvalue weighted by Gasteiger charge is 2.44. The lowest BCUT2D eigenvalue weighted by Gasteiger charge is -2.43. The second-order valence-corrected chi connectivity index (χ2v) is 10.7. The van der Waals surface area contributed by atoms with Crippen LogP contribution in [0, 0.1) is 17.2 Å². The van der Waals surface area contributed by atoms with Crippen molar-refractivity contribution in [3.05, 3.63) is 95.7 Å². The van der Waals surface area contributed by atoms with E-state index in [0.717, 1.165) is 42.9 Å². The van der Waals surface area contributed by atoms with Crippen LogP contribution in [0.15, 0.2) is 79.0 Å². The number of aromatic nitrogens is 1. The Morgan fingerprint density at radius 1 is 0.949 bits per heavy atom. The van der Waals surface area contributed by atoms with Gasteiger partial charge in [-0.1, -0.05) is 60.7 Å². The topological polar surface area (TPSA) is 89.3 Å². The van der Waals surface area contributed by atoms with Gasteiger partial charge in [-0.3, -0.25) is 9.59 Å². The normalized spacial score (nSPS) is 18.2. The van der Waals surface area contributed by atoms with Crippen molar-refractivity contribution >= 4 is 17.6 Å². The Kier molecular flexibility index (Phi) is 7.92. The van der Waals surface area contributed by atoms with Crippen molar-refractivity contribution in [1.82, 2.24) is 15.2 Å². The zero-order valence-electron chi connectivity index (χ0n) is 22.4. The summed E-state index contributed by atoms with van der Waals surface area (Å²) in [4.78, 5) is 35.9. The average molecular weight is 522 g/mol. The molecule has 2 amide bonds. The maximum Gasteiger partial charge on any atom is 0.231 e. The monoisotopic (exact) mass is 521 g/mol. The Hall–Kier alpha value is -4.18. The largest absolute Gasteiger partial charge is 0.357 e. The number of benzene rings is 2. The van der Waals surface area contributed by atoms with E-state index < -0.39 is 5.41 Å². The number of nitriles is 1. The quantitative estimate of drug-likeness (QED) is 0.512. The van der Waals surface area contributed by atoms with Gasteiger partial charge in [0, 0.05) is 38.3 Å². The lowest BCUT2D eigenvalue weighted by molar-refractivity contribution is -0.140. The third-order valence-electron chi connectivity index (χ3n) is 8.38. The molecule has 1 aromatic heterocycles. The smallest absolute Gasteiger partial charge is 0.231 e. The lowest BCUT2D eigenvalue weighted by atomic mass is 9.71. The van der Waals surface area contributed by atoms with Crippen LogP contribution < -0.4 is 10.2 Å². The predicted molar refractivity (Wildman–Crippen MR) is 151 cm³/mol. The van der Waals surface area contributed by atoms with E-state index >= 15 is 0 Å². The number of anilines is 1. The fraction of sp³-hybridized carbons (Fsp3) is 0.375. The summed E-state index contributed by atoms with van der Waals surface area (Å²) in [5.74, 6) is 1.06. The molecule has 2 saturated heterocycles. The number of hydrogen-bond acceptors (Lipinski definition) is 5. The minimum Gasteiger partial charge on any atom is -0.357 e. The Morgan fingerprint density at radius 3 is 2.18 bits per heavy atom. The number of nitrogens with one attached hydrogen (secondary N) is 1. The van der Waals surface area contributed by atoms with Crippen LogP contribution in [-0.2, 0) is 15.0 Å². The fourth-order valence-electron chi connectivity index (χ4n) is 5.93. The van der Waals surface area contributed by atoms with E-state index in [0.29, 0.717) is 31.5 Å². The summed E-state index contributed by atoms with van der Waals surface area (Å²) in [7, 11) is 0. The van der Waals surface area contributed by atoms with E-state index in [4.69, 9.17) is 5.26 Å². The first-order valence-electron chi connectivity index (χ1n) is 13.8. The summed E-state index contributed by atoms with van der Waals surface area (Å²) >= 11 is 0. The Balaban J connectivity index is 1.23. The second-order valence-electron chi connectivity index (χ2n) is 10.7. The summed E-state index contributed by atoms with van der Waals surface area (Å²) in [6.07, 6.45) is 4.34. The van der Waals surface area contributed by atoms with Crippen LogP contribution in [0.25, 0.3) is 0 Å². The van der Waals surface area contributed by atoms with Crippen LogP contribution in [0.2, 0.25) is 0 Å². The van der Waals surface area contributed by atoms with E-state index in [2.05, 4.69) is 21.3 Å². The summed E-state index contributed by atoms with van der Waals surface area (Å²) in [5, 5.41) is 12.3. The van der Waals surface area contributed by atoms with Gasteiger partial charge in [0.15, 0.2) is 0 Å². The van der Waals surface area contributed by atoms with Gasteiger partial charge in [0.1, 0.15) is 11.9 Å². The molecule has 7 nitrogen and oxygen atoms in total. The molecule has 2 fully saturated rings. The predicted octanol–water partition coefficient (Wildman–Crippen LogP) is 4.61. The molecule has 0 radical (unpaired) electrons. The van der Waals surface area contributed by atoms with Gasteiger partial charge < -0.3 is 15.1 Å². The van der Waals surface area contributed by atoms with Crippen LogP contribution in [0.4, 0.5) is 5.82 Å². The lowest BCUT2D eigenvalue weighted by Crippen LogP contribution is -2.54. The number of amides is 2. The molecule has 0 saturated carbocycles. The van der Waals surface area contributed by atoms with Gasteiger partial charge in [-0.15, -0.1) is 0 Å². The summed E-state index contributed by atoms with van der Waals surface area (Å²) in [5.41, 5.74) is 1.97. The molecule has 200 valence electrons. The van der Waals surface area contributed by atoms with Gasteiger partial charge in [-0.25, -0.2) is 4.98 Å². The van der Waals surface area contributed by atoms with Crippen LogP contribution >= 0.6 is 0 Å². The van der Waals surface area contributed by atoms with E-state index in [1.54, 1.807) is 12.3 Å². The minimum absolute atomic E-state index is 0.0178. The van der Waals surface area contributed by atoms with Crippen LogP contribution in [-0.4, -0.2) is 47.9 Å². The van der Waals surface area contributed by atoms with E-state index in [1.807, 2.05) is 78.6 Å². The van der Waals surface area contributed by atoms with Crippen molar-refractivity contribution in [1.29, 1.82) is 5.26 Å². The number of piperidine rings is 2. The van der Waals surface area contributed by atoms with Crippen molar-refractivity contribution in [3.8, 4) is 6.07 Å². The molecule has 3 aromatic rings. The number of rotatable bonds is 6. The van der Waals surface area contributed by atoms with Gasteiger partial charge in [0.25, 0.3) is 0 Å². The highest BCUT2D eigenvalue weighted by molar-refractivity contribution is 5.89. The Bertz CT molecular complexity index is 1300. The summed E-state index contributed by atoms with van der Waals surface area (Å²) in [6, 6.07) is 25.7. The molecule has 2 aliphatic rings. The van der Waals surface area contributed by atoms with Gasteiger partial charge in [-0.2, -0.15) is 5.26 Å². The molecule has 2 aromatic carbocycles. The number of nitrogens with zero attached hydrogens (tertiary/aromatic N) is 4. The molecule has 5 rings (SSSR count). The molecule has 0 aliphatic carbocycles. The average Bonchev–Trinajstić information content (AvgIpc) is 3.01. The maximum absolute atomic E-state index is 13.8. The van der Waals surface area contributed by atoms with Crippen molar-refractivity contribution in [2.45, 2.75) is 44.1 Å². The number of carbonyl (C=O) groups excluding carboxylic acids is 2. The molecule has 3 heterocycles. The highest BCUT2D eigenvalue weighted by Crippen LogP contribution is 2.37. The third kappa shape index (κ3) is 5.65. The Morgan fingerprint density at radius 2 is 1.59 bits per heavy atom. The Labute approximate surface area is 230 Å². The number of carbonyl (C=O) groups is 2. The molecule has 1 N–H and O–H groups in total. The van der Waals surface area contributed by atoms with Crippen LogP contribution in [0.1, 0.15) is 55.3 Å². The SMILES string of the molecule is CC(NC(=O)C1(c2ccccc2)CCN(C(=O)C2CCN(c3ccc(C#N)cn3)CC2)CC1)c1ccccc1. The zero-order chi connectivity index (χ0) is 27.2. The summed E-state index contributed by atoms with van der Waals surface area (Å²) in [6.45, 7) is 4.68. The van der Waals surface area contributed by atoms with Gasteiger partial charge in [0.05, 0.1) is 17.0 Å². The molecule has 7 heteroatoms. The van der Waals surface area contributed by atoms with Gasteiger partial charge in [0.2, 0.25) is 11.8 Å². The first kappa shape index (κ1) is 26.4. The molecular weight excluding hydrogens is 486 g/mol. The zero-order valence-corrected chi connectivity index (χ0v) is 22.4. The van der Waals surface area contributed by atoms with Gasteiger partial charge in [-0.05, 0) is 55.9 Å². The maximum atomic E-state index is 13.8. The van der Waals surface area contributed by atoms with Crippen molar-refractivity contribution < 1.29 is 9.59 Å². The third-order valence-corrected chi connectivity index (χ3v) is 8.38. The van der Waals surface area contributed by atoms with Crippen LogP contribution in [0.5, 0.6) is 0 Å². The molecule has 1 atom stereocenters. The molecule has 0 spiro atoms. The molecule has 1 unspecified atom stereocenters. The number of likely N-dealkylation sites (tertiary alicyclic amines) is 1. The number of hydrogen-bond donors (Lipinski definition) is 1. The van der Waals surface area contributed by atoms with Crippen molar-refractivity contribution in [2.24, 2.45) is 5.92 Å². The van der Waals surface area contributed by atoms with Crippen molar-refractivity contribution in [2.75, 3.05) is 31.1 Å². The fourth-order valence-corrected chi connectivity index (χ4v) is 5.93. The van der Waals surface area contributed by atoms with E-state index in [1.165, 1.54) is 0 Å². The highest BCUT2D eigenvalue weighted by atomic mass is 16.2. The van der Waals surface area contributed by atoms with E-state index in [-0.39, 0.29) is 23.8 Å². The van der Waals surface area contributed by atoms with Crippen LogP contribution in [0.3, 0.4) is 0 Å². The molecular formula is C32H35N5O2. The standard InChI is InChI=1S/C32H35N5O2/c1-24(26-8-4-2-5-9-26)35-31(39)32(28-10-6-3-7-11-28)16-20-37(21-17-32)30(38)27-14-18-36(19-15-27)29-13-12-25(22-33)23-34-29/h2-13,23-24,27H,14-21H2,1H3,(H,35,39). The minimum atomic E-state index is -0.661. The molecule has 0 bridgehead atoms. The van der Waals surface area contributed by atoms with Gasteiger partial charge >= 0.3 is 0 Å². The van der Waals surface area contributed by atoms with Crippen molar-refractivity contribution in [3.63, 3.8) is 0 Å². The van der Waals surface area contributed by atoms with E-state index in [9.17, 15) is 9.59 Å².